The van der Waals surface area contributed by atoms with Gasteiger partial charge in [-0.3, -0.25) is 0 Å². The summed E-state index contributed by atoms with van der Waals surface area (Å²) in [7, 11) is 0. The molecule has 1 aliphatic rings. The summed E-state index contributed by atoms with van der Waals surface area (Å²) in [4.78, 5) is 3.23. The number of halogens is 6. The van der Waals surface area contributed by atoms with Gasteiger partial charge in [-0.1, -0.05) is 18.2 Å². The summed E-state index contributed by atoms with van der Waals surface area (Å²) in [6.07, 6.45) is -7.80. The molecule has 0 unspecified atom stereocenters. The van der Waals surface area contributed by atoms with E-state index in [0.717, 1.165) is 23.0 Å². The molecule has 9 heteroatoms. The standard InChI is InChI=1S/C22H20F6N2O/c23-21(24,25)15-5-13(6-16(7-15)22(26,27)28)11-31-12-14-8-29-9-18(14)19-10-30-20-4-2-1-3-17(19)20/h1-7,10,14,18,29-30H,8-9,11-12H2/t14-,18+/m1/s1. The Labute approximate surface area is 174 Å². The average Bonchev–Trinajstić information content (AvgIpc) is 3.33. The largest absolute Gasteiger partial charge is 0.416 e. The Bertz CT molecular complexity index is 1020. The zero-order valence-corrected chi connectivity index (χ0v) is 16.3. The number of hydrogen-bond acceptors (Lipinski definition) is 2. The fraction of sp³-hybridized carbons (Fsp3) is 0.364. The van der Waals surface area contributed by atoms with Crippen LogP contribution in [0.15, 0.2) is 48.7 Å². The van der Waals surface area contributed by atoms with Crippen LogP contribution in [0.1, 0.15) is 28.2 Å². The lowest BCUT2D eigenvalue weighted by Gasteiger charge is -2.19. The Balaban J connectivity index is 1.47. The van der Waals surface area contributed by atoms with Crippen LogP contribution in [-0.2, 0) is 23.7 Å². The highest BCUT2D eigenvalue weighted by Gasteiger charge is 2.37. The predicted molar refractivity (Wildman–Crippen MR) is 104 cm³/mol. The average molecular weight is 442 g/mol. The first-order valence-corrected chi connectivity index (χ1v) is 9.76. The van der Waals surface area contributed by atoms with Crippen molar-refractivity contribution in [3.63, 3.8) is 0 Å². The van der Waals surface area contributed by atoms with Gasteiger partial charge < -0.3 is 15.0 Å². The smallest absolute Gasteiger partial charge is 0.376 e. The van der Waals surface area contributed by atoms with Crippen molar-refractivity contribution >= 4 is 10.9 Å². The van der Waals surface area contributed by atoms with Gasteiger partial charge in [-0.2, -0.15) is 26.3 Å². The van der Waals surface area contributed by atoms with Crippen LogP contribution in [0.4, 0.5) is 26.3 Å². The van der Waals surface area contributed by atoms with E-state index in [2.05, 4.69) is 10.3 Å². The van der Waals surface area contributed by atoms with Crippen LogP contribution in [0.2, 0.25) is 0 Å². The summed E-state index contributed by atoms with van der Waals surface area (Å²) >= 11 is 0. The van der Waals surface area contributed by atoms with Crippen molar-refractivity contribution in [2.45, 2.75) is 24.9 Å². The molecular formula is C22H20F6N2O. The molecule has 1 fully saturated rings. The van der Waals surface area contributed by atoms with Crippen LogP contribution >= 0.6 is 0 Å². The molecule has 166 valence electrons. The van der Waals surface area contributed by atoms with E-state index in [1.807, 2.05) is 30.5 Å². The number of H-pyrrole nitrogens is 1. The fourth-order valence-electron chi connectivity index (χ4n) is 4.10. The van der Waals surface area contributed by atoms with Crippen molar-refractivity contribution < 1.29 is 31.1 Å². The van der Waals surface area contributed by atoms with Gasteiger partial charge in [0.25, 0.3) is 0 Å². The van der Waals surface area contributed by atoms with Gasteiger partial charge in [-0.25, -0.2) is 0 Å². The molecular weight excluding hydrogens is 422 g/mol. The van der Waals surface area contributed by atoms with Crippen LogP contribution in [0.5, 0.6) is 0 Å². The molecule has 2 atom stereocenters. The zero-order chi connectivity index (χ0) is 22.2. The van der Waals surface area contributed by atoms with Gasteiger partial charge in [0.1, 0.15) is 0 Å². The molecule has 2 aromatic carbocycles. The second-order valence-corrected chi connectivity index (χ2v) is 7.74. The maximum absolute atomic E-state index is 13.0. The zero-order valence-electron chi connectivity index (χ0n) is 16.3. The molecule has 31 heavy (non-hydrogen) atoms. The number of ether oxygens (including phenoxy) is 1. The number of rotatable bonds is 5. The molecule has 0 saturated carbocycles. The quantitative estimate of drug-likeness (QED) is 0.496. The van der Waals surface area contributed by atoms with E-state index in [1.165, 1.54) is 0 Å². The van der Waals surface area contributed by atoms with Crippen molar-refractivity contribution in [3.05, 3.63) is 70.9 Å². The molecule has 4 rings (SSSR count). The van der Waals surface area contributed by atoms with Gasteiger partial charge in [0, 0.05) is 42.0 Å². The summed E-state index contributed by atoms with van der Waals surface area (Å²) in [6, 6.07) is 9.40. The lowest BCUT2D eigenvalue weighted by atomic mass is 9.89. The molecule has 2 N–H and O–H groups in total. The van der Waals surface area contributed by atoms with Crippen LogP contribution in [0, 0.1) is 5.92 Å². The molecule has 0 aliphatic carbocycles. The van der Waals surface area contributed by atoms with Gasteiger partial charge in [0.2, 0.25) is 0 Å². The van der Waals surface area contributed by atoms with E-state index in [1.54, 1.807) is 0 Å². The second-order valence-electron chi connectivity index (χ2n) is 7.74. The van der Waals surface area contributed by atoms with Gasteiger partial charge >= 0.3 is 12.4 Å². The van der Waals surface area contributed by atoms with Crippen LogP contribution in [0.3, 0.4) is 0 Å². The van der Waals surface area contributed by atoms with Crippen LogP contribution in [-0.4, -0.2) is 24.7 Å². The Morgan fingerprint density at radius 2 is 1.58 bits per heavy atom. The Morgan fingerprint density at radius 3 is 2.26 bits per heavy atom. The molecule has 0 amide bonds. The summed E-state index contributed by atoms with van der Waals surface area (Å²) in [5.41, 5.74) is -0.697. The van der Waals surface area contributed by atoms with E-state index in [0.29, 0.717) is 18.7 Å². The number of hydrogen-bond donors (Lipinski definition) is 2. The van der Waals surface area contributed by atoms with Crippen molar-refractivity contribution in [2.24, 2.45) is 5.92 Å². The SMILES string of the molecule is FC(F)(F)c1cc(COC[C@H]2CNC[C@@H]2c2c[nH]c3ccccc23)cc(C(F)(F)F)c1. The summed E-state index contributed by atoms with van der Waals surface area (Å²) in [5, 5.41) is 4.38. The van der Waals surface area contributed by atoms with Crippen LogP contribution < -0.4 is 5.32 Å². The lowest BCUT2D eigenvalue weighted by molar-refractivity contribution is -0.143. The minimum absolute atomic E-state index is 0.0482. The normalized spacial score (nSPS) is 19.9. The van der Waals surface area contributed by atoms with Crippen molar-refractivity contribution in [1.29, 1.82) is 0 Å². The number of fused-ring (bicyclic) bond motifs is 1. The third-order valence-corrected chi connectivity index (χ3v) is 5.61. The molecule has 2 heterocycles. The Morgan fingerprint density at radius 1 is 0.903 bits per heavy atom. The third-order valence-electron chi connectivity index (χ3n) is 5.61. The van der Waals surface area contributed by atoms with E-state index < -0.39 is 23.5 Å². The molecule has 1 aliphatic heterocycles. The first-order valence-electron chi connectivity index (χ1n) is 9.76. The number of aromatic amines is 1. The monoisotopic (exact) mass is 442 g/mol. The minimum Gasteiger partial charge on any atom is -0.376 e. The van der Waals surface area contributed by atoms with E-state index in [4.69, 9.17) is 4.74 Å². The first-order chi connectivity index (χ1) is 14.6. The molecule has 3 nitrogen and oxygen atoms in total. The number of nitrogens with one attached hydrogen (secondary N) is 2. The van der Waals surface area contributed by atoms with Gasteiger partial charge in [-0.05, 0) is 35.4 Å². The summed E-state index contributed by atoms with van der Waals surface area (Å²) in [5.74, 6) is 0.176. The highest BCUT2D eigenvalue weighted by Crippen LogP contribution is 2.37. The molecule has 0 radical (unpaired) electrons. The summed E-state index contributed by atoms with van der Waals surface area (Å²) < 4.78 is 83.7. The van der Waals surface area contributed by atoms with Crippen molar-refractivity contribution in [1.82, 2.24) is 10.3 Å². The number of para-hydroxylation sites is 1. The maximum Gasteiger partial charge on any atom is 0.416 e. The topological polar surface area (TPSA) is 37.0 Å². The minimum atomic E-state index is -4.87. The van der Waals surface area contributed by atoms with Gasteiger partial charge in [0.15, 0.2) is 0 Å². The maximum atomic E-state index is 13.0. The van der Waals surface area contributed by atoms with E-state index in [-0.39, 0.29) is 36.7 Å². The van der Waals surface area contributed by atoms with Crippen molar-refractivity contribution in [3.8, 4) is 0 Å². The van der Waals surface area contributed by atoms with E-state index >= 15 is 0 Å². The Hall–Kier alpha value is -2.52. The third kappa shape index (κ3) is 4.72. The number of benzene rings is 2. The first kappa shape index (κ1) is 21.7. The molecule has 3 aromatic rings. The van der Waals surface area contributed by atoms with Gasteiger partial charge in [0.05, 0.1) is 24.3 Å². The highest BCUT2D eigenvalue weighted by molar-refractivity contribution is 5.83. The van der Waals surface area contributed by atoms with Gasteiger partial charge in [-0.15, -0.1) is 0 Å². The van der Waals surface area contributed by atoms with E-state index in [9.17, 15) is 26.3 Å². The lowest BCUT2D eigenvalue weighted by Crippen LogP contribution is -2.18. The van der Waals surface area contributed by atoms with Crippen molar-refractivity contribution in [2.75, 3.05) is 19.7 Å². The second kappa shape index (κ2) is 8.20. The predicted octanol–water partition coefficient (Wildman–Crippen LogP) is 5.73. The fourth-order valence-corrected chi connectivity index (χ4v) is 4.10. The molecule has 0 spiro atoms. The van der Waals surface area contributed by atoms with Crippen LogP contribution in [0.25, 0.3) is 10.9 Å². The molecule has 1 saturated heterocycles. The summed E-state index contributed by atoms with van der Waals surface area (Å²) in [6.45, 7) is 1.26. The Kier molecular flexibility index (Phi) is 5.74. The number of aromatic nitrogens is 1. The highest BCUT2D eigenvalue weighted by atomic mass is 19.4. The molecule has 1 aromatic heterocycles. The number of alkyl halides is 6. The molecule has 0 bridgehead atoms.